The van der Waals surface area contributed by atoms with E-state index in [0.29, 0.717) is 19.0 Å². The number of amides is 1. The lowest BCUT2D eigenvalue weighted by molar-refractivity contribution is 0.0204. The number of aryl methyl sites for hydroxylation is 1. The second kappa shape index (κ2) is 7.02. The van der Waals surface area contributed by atoms with Crippen LogP contribution in [0.3, 0.4) is 0 Å². The number of aromatic amines is 1. The average molecular weight is 357 g/mol. The molecule has 2 heterocycles. The fraction of sp³-hybridized carbons (Fsp3) is 0.500. The highest BCUT2D eigenvalue weighted by molar-refractivity contribution is 5.68. The number of hydrogen-bond donors (Lipinski definition) is 2. The number of likely N-dealkylation sites (tertiary alicyclic amines) is 1. The predicted molar refractivity (Wildman–Crippen MR) is 100 cm³/mol. The van der Waals surface area contributed by atoms with Crippen LogP contribution in [0.4, 0.5) is 4.79 Å². The van der Waals surface area contributed by atoms with Crippen molar-refractivity contribution in [1.82, 2.24) is 15.1 Å². The molecule has 0 radical (unpaired) electrons. The quantitative estimate of drug-likeness (QED) is 0.844. The van der Waals surface area contributed by atoms with Crippen molar-refractivity contribution in [2.24, 2.45) is 0 Å². The topological polar surface area (TPSA) is 78.5 Å². The third kappa shape index (κ3) is 4.18. The Hall–Kier alpha value is -2.50. The normalized spacial score (nSPS) is 15.9. The number of aromatic hydroxyl groups is 1. The summed E-state index contributed by atoms with van der Waals surface area (Å²) in [4.78, 5) is 14.0. The number of carbonyl (C=O) groups excluding carboxylic acids is 1. The minimum atomic E-state index is -0.464. The van der Waals surface area contributed by atoms with Crippen LogP contribution in [0.2, 0.25) is 0 Å². The molecule has 1 aromatic carbocycles. The van der Waals surface area contributed by atoms with Gasteiger partial charge in [-0.15, -0.1) is 0 Å². The maximum Gasteiger partial charge on any atom is 0.410 e. The largest absolute Gasteiger partial charge is 0.508 e. The molecule has 2 N–H and O–H groups in total. The molecule has 6 nitrogen and oxygen atoms in total. The first-order chi connectivity index (χ1) is 12.2. The molecular weight excluding hydrogens is 330 g/mol. The van der Waals surface area contributed by atoms with Crippen LogP contribution in [-0.2, 0) is 4.74 Å². The summed E-state index contributed by atoms with van der Waals surface area (Å²) in [6.07, 6.45) is 1.53. The van der Waals surface area contributed by atoms with Gasteiger partial charge in [0, 0.05) is 30.3 Å². The number of benzene rings is 1. The molecule has 0 saturated carbocycles. The summed E-state index contributed by atoms with van der Waals surface area (Å²) in [7, 11) is 0. The number of phenols is 1. The first kappa shape index (κ1) is 18.3. The van der Waals surface area contributed by atoms with Gasteiger partial charge < -0.3 is 14.7 Å². The van der Waals surface area contributed by atoms with Crippen LogP contribution >= 0.6 is 0 Å². The van der Waals surface area contributed by atoms with Gasteiger partial charge in [0.05, 0.1) is 5.69 Å². The molecule has 0 bridgehead atoms. The van der Waals surface area contributed by atoms with Gasteiger partial charge >= 0.3 is 6.09 Å². The Morgan fingerprint density at radius 3 is 2.58 bits per heavy atom. The molecule has 3 rings (SSSR count). The van der Waals surface area contributed by atoms with E-state index < -0.39 is 5.60 Å². The van der Waals surface area contributed by atoms with E-state index in [4.69, 9.17) is 4.74 Å². The molecule has 1 aromatic heterocycles. The van der Waals surface area contributed by atoms with E-state index in [2.05, 4.69) is 16.3 Å². The van der Waals surface area contributed by atoms with Crippen molar-refractivity contribution in [2.75, 3.05) is 13.1 Å². The second-order valence-electron chi connectivity index (χ2n) is 7.95. The monoisotopic (exact) mass is 357 g/mol. The Kier molecular flexibility index (Phi) is 4.94. The molecule has 140 valence electrons. The van der Waals surface area contributed by atoms with Crippen LogP contribution in [0.25, 0.3) is 11.3 Å². The molecule has 0 atom stereocenters. The van der Waals surface area contributed by atoms with E-state index in [1.165, 1.54) is 0 Å². The number of phenolic OH excluding ortho intramolecular Hbond substituents is 1. The summed E-state index contributed by atoms with van der Waals surface area (Å²) in [6, 6.07) is 7.38. The minimum Gasteiger partial charge on any atom is -0.508 e. The van der Waals surface area contributed by atoms with Gasteiger partial charge in [-0.3, -0.25) is 5.10 Å². The van der Waals surface area contributed by atoms with Crippen molar-refractivity contribution < 1.29 is 14.6 Å². The van der Waals surface area contributed by atoms with E-state index in [9.17, 15) is 9.90 Å². The van der Waals surface area contributed by atoms with E-state index in [-0.39, 0.29) is 11.8 Å². The Bertz CT molecular complexity index is 784. The van der Waals surface area contributed by atoms with Gasteiger partial charge in [0.15, 0.2) is 0 Å². The summed E-state index contributed by atoms with van der Waals surface area (Å²) in [5.74, 6) is 0.615. The molecular formula is C20H27N3O3. The molecule has 1 saturated heterocycles. The number of nitrogens with zero attached hydrogens (tertiary/aromatic N) is 2. The zero-order chi connectivity index (χ0) is 18.9. The summed E-state index contributed by atoms with van der Waals surface area (Å²) in [6.45, 7) is 8.99. The standard InChI is InChI=1S/C20H27N3O3/c1-13-11-15(24)5-6-16(13)18-12-17(21-22-18)14-7-9-23(10-8-14)19(25)26-20(2,3)4/h5-6,11-12,14,24H,7-10H2,1-4H3,(H,21,22). The van der Waals surface area contributed by atoms with Crippen molar-refractivity contribution in [2.45, 2.75) is 52.1 Å². The van der Waals surface area contributed by atoms with Crippen molar-refractivity contribution >= 4 is 6.09 Å². The third-order valence-electron chi connectivity index (χ3n) is 4.67. The predicted octanol–water partition coefficient (Wildman–Crippen LogP) is 4.21. The highest BCUT2D eigenvalue weighted by Crippen LogP contribution is 2.31. The molecule has 26 heavy (non-hydrogen) atoms. The van der Waals surface area contributed by atoms with E-state index in [0.717, 1.165) is 35.4 Å². The van der Waals surface area contributed by atoms with Gasteiger partial charge in [0.1, 0.15) is 11.4 Å². The van der Waals surface area contributed by atoms with Crippen LogP contribution in [0.5, 0.6) is 5.75 Å². The number of aromatic nitrogens is 2. The van der Waals surface area contributed by atoms with E-state index in [1.807, 2.05) is 33.8 Å². The zero-order valence-electron chi connectivity index (χ0n) is 15.9. The van der Waals surface area contributed by atoms with Crippen LogP contribution in [-0.4, -0.2) is 45.0 Å². The number of nitrogens with one attached hydrogen (secondary N) is 1. The van der Waals surface area contributed by atoms with Crippen molar-refractivity contribution in [3.05, 3.63) is 35.5 Å². The number of H-pyrrole nitrogens is 1. The van der Waals surface area contributed by atoms with Crippen LogP contribution in [0.15, 0.2) is 24.3 Å². The summed E-state index contributed by atoms with van der Waals surface area (Å²) < 4.78 is 5.45. The highest BCUT2D eigenvalue weighted by atomic mass is 16.6. The number of piperidine rings is 1. The van der Waals surface area contributed by atoms with Gasteiger partial charge in [-0.1, -0.05) is 0 Å². The Morgan fingerprint density at radius 2 is 1.96 bits per heavy atom. The number of rotatable bonds is 2. The fourth-order valence-electron chi connectivity index (χ4n) is 3.32. The van der Waals surface area contributed by atoms with Crippen molar-refractivity contribution in [3.8, 4) is 17.0 Å². The van der Waals surface area contributed by atoms with Crippen molar-refractivity contribution in [3.63, 3.8) is 0 Å². The van der Waals surface area contributed by atoms with Crippen molar-refractivity contribution in [1.29, 1.82) is 0 Å². The van der Waals surface area contributed by atoms with Crippen LogP contribution in [0, 0.1) is 6.92 Å². The molecule has 0 unspecified atom stereocenters. The van der Waals surface area contributed by atoms with Gasteiger partial charge in [0.2, 0.25) is 0 Å². The molecule has 1 aliphatic rings. The molecule has 6 heteroatoms. The van der Waals surface area contributed by atoms with Gasteiger partial charge in [-0.25, -0.2) is 4.79 Å². The Balaban J connectivity index is 1.64. The lowest BCUT2D eigenvalue weighted by atomic mass is 9.93. The zero-order valence-corrected chi connectivity index (χ0v) is 15.9. The maximum atomic E-state index is 12.2. The van der Waals surface area contributed by atoms with Gasteiger partial charge in [-0.05, 0) is 70.4 Å². The SMILES string of the molecule is Cc1cc(O)ccc1-c1cc(C2CCN(C(=O)OC(C)(C)C)CC2)[nH]n1. The van der Waals surface area contributed by atoms with Gasteiger partial charge in [-0.2, -0.15) is 5.10 Å². The molecule has 2 aromatic rings. The maximum absolute atomic E-state index is 12.2. The summed E-state index contributed by atoms with van der Waals surface area (Å²) in [5.41, 5.74) is 3.51. The van der Waals surface area contributed by atoms with Crippen LogP contribution < -0.4 is 0 Å². The molecule has 0 spiro atoms. The minimum absolute atomic E-state index is 0.235. The summed E-state index contributed by atoms with van der Waals surface area (Å²) in [5, 5.41) is 17.2. The first-order valence-electron chi connectivity index (χ1n) is 9.06. The molecule has 0 aliphatic carbocycles. The number of carbonyl (C=O) groups is 1. The van der Waals surface area contributed by atoms with E-state index >= 15 is 0 Å². The summed E-state index contributed by atoms with van der Waals surface area (Å²) >= 11 is 0. The first-order valence-corrected chi connectivity index (χ1v) is 9.06. The molecule has 1 aliphatic heterocycles. The smallest absolute Gasteiger partial charge is 0.410 e. The average Bonchev–Trinajstić information content (AvgIpc) is 3.03. The second-order valence-corrected chi connectivity index (χ2v) is 7.95. The fourth-order valence-corrected chi connectivity index (χ4v) is 3.32. The molecule has 1 amide bonds. The highest BCUT2D eigenvalue weighted by Gasteiger charge is 2.28. The van der Waals surface area contributed by atoms with Gasteiger partial charge in [0.25, 0.3) is 0 Å². The number of hydrogen-bond acceptors (Lipinski definition) is 4. The van der Waals surface area contributed by atoms with Crippen LogP contribution in [0.1, 0.15) is 50.8 Å². The lowest BCUT2D eigenvalue weighted by Crippen LogP contribution is -2.41. The van der Waals surface area contributed by atoms with E-state index in [1.54, 1.807) is 17.0 Å². The number of ether oxygens (including phenoxy) is 1. The Labute approximate surface area is 154 Å². The third-order valence-corrected chi connectivity index (χ3v) is 4.67. The molecule has 1 fully saturated rings. The Morgan fingerprint density at radius 1 is 1.27 bits per heavy atom. The lowest BCUT2D eigenvalue weighted by Gasteiger charge is -2.33.